The minimum Gasteiger partial charge on any atom is -0.435 e. The third kappa shape index (κ3) is 6.22. The second-order valence-corrected chi connectivity index (χ2v) is 7.54. The van der Waals surface area contributed by atoms with Crippen molar-refractivity contribution < 1.29 is 23.4 Å². The minimum absolute atomic E-state index is 0.0805. The molecule has 14 heteroatoms. The molecular formula is C20H17Cl2F2N7O3. The first kappa shape index (κ1) is 25.0. The third-order valence-corrected chi connectivity index (χ3v) is 4.98. The van der Waals surface area contributed by atoms with Crippen LogP contribution in [0.25, 0.3) is 0 Å². The molecule has 0 saturated heterocycles. The number of ether oxygens (including phenoxy) is 1. The van der Waals surface area contributed by atoms with Crippen molar-refractivity contribution in [3.05, 3.63) is 58.1 Å². The number of carbonyl (C=O) groups excluding carboxylic acids is 1. The first-order valence-corrected chi connectivity index (χ1v) is 10.3. The number of benzene rings is 2. The monoisotopic (exact) mass is 511 g/mol. The minimum atomic E-state index is -3.01. The van der Waals surface area contributed by atoms with Gasteiger partial charge in [-0.05, 0) is 37.3 Å². The Morgan fingerprint density at radius 2 is 2.06 bits per heavy atom. The third-order valence-electron chi connectivity index (χ3n) is 4.24. The molecule has 178 valence electrons. The molecule has 0 aromatic heterocycles. The molecule has 34 heavy (non-hydrogen) atoms. The number of nitriles is 1. The summed E-state index contributed by atoms with van der Waals surface area (Å²) >= 11 is 12.1. The van der Waals surface area contributed by atoms with E-state index in [0.29, 0.717) is 10.6 Å². The van der Waals surface area contributed by atoms with Crippen molar-refractivity contribution in [1.82, 2.24) is 20.8 Å². The molecule has 1 aliphatic heterocycles. The molecule has 2 aromatic carbocycles. The lowest BCUT2D eigenvalue weighted by atomic mass is 10.2. The van der Waals surface area contributed by atoms with Gasteiger partial charge in [-0.25, -0.2) is 15.0 Å². The fraction of sp³-hybridized carbons (Fsp3) is 0.200. The number of halogens is 4. The van der Waals surface area contributed by atoms with E-state index < -0.39 is 18.6 Å². The molecule has 0 unspecified atom stereocenters. The van der Waals surface area contributed by atoms with Gasteiger partial charge in [0.1, 0.15) is 18.5 Å². The molecule has 1 atom stereocenters. The van der Waals surface area contributed by atoms with Gasteiger partial charge in [0.25, 0.3) is 5.91 Å². The van der Waals surface area contributed by atoms with Crippen molar-refractivity contribution in [3.8, 4) is 11.9 Å². The van der Waals surface area contributed by atoms with Crippen LogP contribution in [0.2, 0.25) is 10.0 Å². The zero-order valence-electron chi connectivity index (χ0n) is 17.4. The van der Waals surface area contributed by atoms with Crippen molar-refractivity contribution in [1.29, 1.82) is 5.26 Å². The Hall–Kier alpha value is -3.66. The molecule has 2 aromatic rings. The number of rotatable bonds is 6. The highest BCUT2D eigenvalue weighted by Gasteiger charge is 2.30. The summed E-state index contributed by atoms with van der Waals surface area (Å²) in [6, 6.07) is 10.2. The van der Waals surface area contributed by atoms with Crippen LogP contribution < -0.4 is 15.5 Å². The number of alkyl halides is 2. The Bertz CT molecular complexity index is 1170. The van der Waals surface area contributed by atoms with E-state index in [9.17, 15) is 23.9 Å². The number of carbonyl (C=O) groups is 1. The standard InChI is InChI=1S/C20H17Cl2F2N7O3/c1-11(32)18(33)29-30-10-31(28-17(30)12-5-6-15(21)16(22)7-12)20(26-9-25)27-13-3-2-4-14(8-13)34-19(23)24/h2-8,11,19,32H,10H2,1H3,(H,26,27)(H,29,33)/t11-/m0/s1. The highest BCUT2D eigenvalue weighted by Crippen LogP contribution is 2.26. The van der Waals surface area contributed by atoms with Crippen LogP contribution in [-0.4, -0.2) is 52.2 Å². The predicted molar refractivity (Wildman–Crippen MR) is 120 cm³/mol. The molecule has 0 fully saturated rings. The Morgan fingerprint density at radius 3 is 2.71 bits per heavy atom. The van der Waals surface area contributed by atoms with Crippen molar-refractivity contribution in [2.75, 3.05) is 6.67 Å². The fourth-order valence-corrected chi connectivity index (χ4v) is 3.03. The van der Waals surface area contributed by atoms with E-state index in [4.69, 9.17) is 23.2 Å². The van der Waals surface area contributed by atoms with Crippen molar-refractivity contribution in [2.45, 2.75) is 19.6 Å². The van der Waals surface area contributed by atoms with Gasteiger partial charge in [0.2, 0.25) is 5.96 Å². The molecule has 0 aliphatic carbocycles. The Balaban J connectivity index is 1.98. The molecule has 0 saturated carbocycles. The number of guanidine groups is 1. The number of aliphatic hydroxyl groups is 1. The summed E-state index contributed by atoms with van der Waals surface area (Å²) in [7, 11) is 0. The molecule has 0 bridgehead atoms. The van der Waals surface area contributed by atoms with Crippen LogP contribution in [-0.2, 0) is 4.79 Å². The Morgan fingerprint density at radius 1 is 1.29 bits per heavy atom. The van der Waals surface area contributed by atoms with Crippen molar-refractivity contribution in [2.24, 2.45) is 10.1 Å². The largest absolute Gasteiger partial charge is 0.435 e. The molecule has 1 heterocycles. The number of amidine groups is 1. The van der Waals surface area contributed by atoms with Crippen LogP contribution in [0.4, 0.5) is 14.5 Å². The van der Waals surface area contributed by atoms with Gasteiger partial charge in [-0.2, -0.15) is 14.0 Å². The molecule has 1 amide bonds. The van der Waals surface area contributed by atoms with E-state index in [-0.39, 0.29) is 34.9 Å². The summed E-state index contributed by atoms with van der Waals surface area (Å²) in [5, 5.41) is 28.6. The highest BCUT2D eigenvalue weighted by atomic mass is 35.5. The zero-order valence-corrected chi connectivity index (χ0v) is 18.9. The van der Waals surface area contributed by atoms with Crippen LogP contribution in [0.3, 0.4) is 0 Å². The van der Waals surface area contributed by atoms with Crippen LogP contribution in [0.1, 0.15) is 12.5 Å². The second kappa shape index (κ2) is 11.0. The average molecular weight is 512 g/mol. The summed E-state index contributed by atoms with van der Waals surface area (Å²) in [5.74, 6) is -0.712. The molecule has 0 spiro atoms. The number of hydrazone groups is 1. The van der Waals surface area contributed by atoms with Gasteiger partial charge in [-0.15, -0.1) is 5.10 Å². The molecule has 1 aliphatic rings. The van der Waals surface area contributed by atoms with E-state index in [2.05, 4.69) is 25.6 Å². The van der Waals surface area contributed by atoms with Crippen LogP contribution >= 0.6 is 23.2 Å². The first-order chi connectivity index (χ1) is 16.2. The lowest BCUT2D eigenvalue weighted by molar-refractivity contribution is -0.132. The van der Waals surface area contributed by atoms with Gasteiger partial charge < -0.3 is 9.84 Å². The number of hydrogen-bond acceptors (Lipinski definition) is 7. The van der Waals surface area contributed by atoms with E-state index in [1.165, 1.54) is 53.3 Å². The maximum Gasteiger partial charge on any atom is 0.387 e. The van der Waals surface area contributed by atoms with Crippen molar-refractivity contribution >= 4 is 46.6 Å². The van der Waals surface area contributed by atoms with Crippen LogP contribution in [0, 0.1) is 11.5 Å². The maximum atomic E-state index is 12.5. The number of aliphatic hydroxyl groups excluding tert-OH is 1. The SMILES string of the molecule is C[C@H](O)C(=O)NN1CN(C(=Nc2cccc(OC(F)F)c2)NC#N)N=C1c1ccc(Cl)c(Cl)c1. The Labute approximate surface area is 202 Å². The van der Waals surface area contributed by atoms with Gasteiger partial charge in [0, 0.05) is 11.6 Å². The molecule has 3 rings (SSSR count). The van der Waals surface area contributed by atoms with Crippen molar-refractivity contribution in [3.63, 3.8) is 0 Å². The lowest BCUT2D eigenvalue weighted by Crippen LogP contribution is -2.50. The lowest BCUT2D eigenvalue weighted by Gasteiger charge is -2.23. The topological polar surface area (TPSA) is 126 Å². The number of aliphatic imine (C=N–C) groups is 1. The molecule has 0 radical (unpaired) electrons. The summed E-state index contributed by atoms with van der Waals surface area (Å²) < 4.78 is 29.4. The average Bonchev–Trinajstić information content (AvgIpc) is 3.18. The quantitative estimate of drug-likeness (QED) is 0.235. The summed E-state index contributed by atoms with van der Waals surface area (Å²) in [6.45, 7) is -1.86. The second-order valence-electron chi connectivity index (χ2n) is 6.72. The number of nitrogens with zero attached hydrogens (tertiary/aromatic N) is 5. The molecular weight excluding hydrogens is 495 g/mol. The summed E-state index contributed by atoms with van der Waals surface area (Å²) in [5.41, 5.74) is 3.16. The fourth-order valence-electron chi connectivity index (χ4n) is 2.73. The normalized spacial score (nSPS) is 14.5. The number of hydrogen-bond donors (Lipinski definition) is 3. The summed E-state index contributed by atoms with van der Waals surface area (Å²) in [4.78, 5) is 16.4. The van der Waals surface area contributed by atoms with E-state index in [1.807, 2.05) is 0 Å². The highest BCUT2D eigenvalue weighted by molar-refractivity contribution is 6.42. The van der Waals surface area contributed by atoms with Crippen LogP contribution in [0.5, 0.6) is 5.75 Å². The zero-order chi connectivity index (χ0) is 24.8. The first-order valence-electron chi connectivity index (χ1n) is 9.54. The maximum absolute atomic E-state index is 12.5. The summed E-state index contributed by atoms with van der Waals surface area (Å²) in [6.07, 6.45) is 0.416. The van der Waals surface area contributed by atoms with E-state index in [1.54, 1.807) is 12.3 Å². The van der Waals surface area contributed by atoms with Crippen LogP contribution in [0.15, 0.2) is 52.6 Å². The van der Waals surface area contributed by atoms with E-state index in [0.717, 1.165) is 0 Å². The van der Waals surface area contributed by atoms with Gasteiger partial charge in [-0.1, -0.05) is 29.3 Å². The van der Waals surface area contributed by atoms with Gasteiger partial charge >= 0.3 is 6.61 Å². The van der Waals surface area contributed by atoms with Gasteiger partial charge in [0.15, 0.2) is 12.0 Å². The number of hydrazine groups is 1. The smallest absolute Gasteiger partial charge is 0.387 e. The number of nitrogens with one attached hydrogen (secondary N) is 2. The number of amides is 1. The van der Waals surface area contributed by atoms with E-state index >= 15 is 0 Å². The van der Waals surface area contributed by atoms with Gasteiger partial charge in [-0.3, -0.25) is 15.5 Å². The molecule has 10 nitrogen and oxygen atoms in total. The Kier molecular flexibility index (Phi) is 8.06. The predicted octanol–water partition coefficient (Wildman–Crippen LogP) is 3.00. The molecule has 3 N–H and O–H groups in total. The van der Waals surface area contributed by atoms with Gasteiger partial charge in [0.05, 0.1) is 15.7 Å².